The number of carbonyl (C=O) groups is 2. The molecule has 30 heavy (non-hydrogen) atoms. The van der Waals surface area contributed by atoms with E-state index in [2.05, 4.69) is 0 Å². The van der Waals surface area contributed by atoms with Crippen molar-refractivity contribution in [3.63, 3.8) is 0 Å². The summed E-state index contributed by atoms with van der Waals surface area (Å²) in [6.45, 7) is 6.30. The van der Waals surface area contributed by atoms with Crippen LogP contribution in [0.3, 0.4) is 0 Å². The first kappa shape index (κ1) is 22.7. The molecule has 1 aliphatic carbocycles. The van der Waals surface area contributed by atoms with Crippen LogP contribution in [-0.4, -0.2) is 52.5 Å². The first-order chi connectivity index (χ1) is 14.3. The molecule has 0 spiro atoms. The zero-order chi connectivity index (χ0) is 21.7. The van der Waals surface area contributed by atoms with Gasteiger partial charge in [0.25, 0.3) is 0 Å². The van der Waals surface area contributed by atoms with E-state index in [9.17, 15) is 9.59 Å². The molecule has 0 saturated heterocycles. The molecule has 0 bridgehead atoms. The van der Waals surface area contributed by atoms with E-state index >= 15 is 0 Å². The van der Waals surface area contributed by atoms with Gasteiger partial charge in [-0.3, -0.25) is 4.79 Å². The first-order valence-corrected chi connectivity index (χ1v) is 11.4. The quantitative estimate of drug-likeness (QED) is 0.457. The molecule has 166 valence electrons. The Morgan fingerprint density at radius 1 is 1.23 bits per heavy atom. The summed E-state index contributed by atoms with van der Waals surface area (Å²) in [5.74, 6) is 0.767. The lowest BCUT2D eigenvalue weighted by Gasteiger charge is -2.34. The average Bonchev–Trinajstić information content (AvgIpc) is 3.03. The molecular formula is C22H32N2O5S. The lowest BCUT2D eigenvalue weighted by Crippen LogP contribution is -2.40. The Balaban J connectivity index is 1.65. The summed E-state index contributed by atoms with van der Waals surface area (Å²) in [6.07, 6.45) is 5.74. The minimum atomic E-state index is -0.508. The molecule has 3 rings (SSSR count). The summed E-state index contributed by atoms with van der Waals surface area (Å²) < 4.78 is 20.1. The van der Waals surface area contributed by atoms with Gasteiger partial charge in [-0.2, -0.15) is 0 Å². The highest BCUT2D eigenvalue weighted by molar-refractivity contribution is 7.95. The normalized spacial score (nSPS) is 17.9. The van der Waals surface area contributed by atoms with Gasteiger partial charge < -0.3 is 14.2 Å². The number of ether oxygens (including phenoxy) is 3. The summed E-state index contributed by atoms with van der Waals surface area (Å²) in [5.41, 5.74) is 0.717. The third-order valence-corrected chi connectivity index (χ3v) is 6.34. The number of carbonyl (C=O) groups excluding carboxylic acids is 2. The topological polar surface area (TPSA) is 68.3 Å². The van der Waals surface area contributed by atoms with Gasteiger partial charge >= 0.3 is 12.1 Å². The molecule has 1 aromatic carbocycles. The molecule has 1 aliphatic heterocycles. The second-order valence-corrected chi connectivity index (χ2v) is 9.58. The predicted octanol–water partition coefficient (Wildman–Crippen LogP) is 4.59. The van der Waals surface area contributed by atoms with Crippen molar-refractivity contribution in [2.45, 2.75) is 70.9 Å². The highest BCUT2D eigenvalue weighted by Crippen LogP contribution is 2.42. The van der Waals surface area contributed by atoms with Crippen LogP contribution in [0.5, 0.6) is 11.5 Å². The fraction of sp³-hybridized carbons (Fsp3) is 0.636. The molecule has 8 heteroatoms. The molecule has 2 aliphatic rings. The van der Waals surface area contributed by atoms with Crippen LogP contribution in [0.4, 0.5) is 4.79 Å². The predicted molar refractivity (Wildman–Crippen MR) is 116 cm³/mol. The Morgan fingerprint density at radius 3 is 2.67 bits per heavy atom. The van der Waals surface area contributed by atoms with Crippen LogP contribution in [0.15, 0.2) is 18.2 Å². The number of hydrogen-bond donors (Lipinski definition) is 0. The Hall–Kier alpha value is -1.93. The number of benzene rings is 1. The van der Waals surface area contributed by atoms with Crippen LogP contribution in [-0.2, 0) is 16.0 Å². The van der Waals surface area contributed by atoms with E-state index in [1.807, 2.05) is 30.3 Å². The third-order valence-electron chi connectivity index (χ3n) is 5.31. The molecule has 1 fully saturated rings. The summed E-state index contributed by atoms with van der Waals surface area (Å²) in [7, 11) is 1.65. The molecule has 1 amide bonds. The van der Waals surface area contributed by atoms with Gasteiger partial charge in [-0.1, -0.05) is 31.4 Å². The van der Waals surface area contributed by atoms with Gasteiger partial charge in [-0.25, -0.2) is 13.4 Å². The van der Waals surface area contributed by atoms with Crippen LogP contribution in [0, 0.1) is 0 Å². The van der Waals surface area contributed by atoms with Gasteiger partial charge in [-0.15, -0.1) is 0 Å². The maximum Gasteiger partial charge on any atom is 0.426 e. The smallest absolute Gasteiger partial charge is 0.426 e. The van der Waals surface area contributed by atoms with E-state index in [1.54, 1.807) is 20.0 Å². The van der Waals surface area contributed by atoms with Gasteiger partial charge in [0.05, 0.1) is 6.61 Å². The summed E-state index contributed by atoms with van der Waals surface area (Å²) in [4.78, 5) is 24.9. The highest BCUT2D eigenvalue weighted by atomic mass is 32.2. The van der Waals surface area contributed by atoms with E-state index in [1.165, 1.54) is 22.9 Å². The summed E-state index contributed by atoms with van der Waals surface area (Å²) >= 11 is 1.22. The largest absolute Gasteiger partial charge is 0.483 e. The Bertz CT molecular complexity index is 764. The Kier molecular flexibility index (Phi) is 7.52. The number of esters is 1. The van der Waals surface area contributed by atoms with Crippen LogP contribution in [0.1, 0.15) is 58.4 Å². The minimum Gasteiger partial charge on any atom is -0.483 e. The number of amides is 1. The van der Waals surface area contributed by atoms with E-state index in [4.69, 9.17) is 14.2 Å². The zero-order valence-corrected chi connectivity index (χ0v) is 19.1. The Labute approximate surface area is 183 Å². The van der Waals surface area contributed by atoms with Crippen molar-refractivity contribution < 1.29 is 23.8 Å². The maximum atomic E-state index is 12.8. The van der Waals surface area contributed by atoms with E-state index in [0.717, 1.165) is 37.7 Å². The SMILES string of the molecule is CCOC(=O)CN(SN(C)C(=O)Oc1cccc2c1OC(C)(C)C2)C1CCCCC1. The monoisotopic (exact) mass is 436 g/mol. The molecule has 1 heterocycles. The summed E-state index contributed by atoms with van der Waals surface area (Å²) in [5, 5.41) is 0. The minimum absolute atomic E-state index is 0.138. The molecule has 0 N–H and O–H groups in total. The number of nitrogens with zero attached hydrogens (tertiary/aromatic N) is 2. The lowest BCUT2D eigenvalue weighted by molar-refractivity contribution is -0.143. The van der Waals surface area contributed by atoms with E-state index in [0.29, 0.717) is 18.1 Å². The molecular weight excluding hydrogens is 404 g/mol. The number of hydrogen-bond acceptors (Lipinski definition) is 7. The van der Waals surface area contributed by atoms with Gasteiger partial charge in [0.15, 0.2) is 11.5 Å². The van der Waals surface area contributed by atoms with E-state index < -0.39 is 6.09 Å². The van der Waals surface area contributed by atoms with Gasteiger partial charge in [0.2, 0.25) is 0 Å². The van der Waals surface area contributed by atoms with Gasteiger partial charge in [0.1, 0.15) is 12.1 Å². The third kappa shape index (κ3) is 5.82. The van der Waals surface area contributed by atoms with Crippen molar-refractivity contribution in [1.82, 2.24) is 8.61 Å². The van der Waals surface area contributed by atoms with Crippen molar-refractivity contribution in [2.24, 2.45) is 0 Å². The van der Waals surface area contributed by atoms with Crippen LogP contribution >= 0.6 is 12.1 Å². The molecule has 0 radical (unpaired) electrons. The van der Waals surface area contributed by atoms with Crippen LogP contribution in [0.25, 0.3) is 0 Å². The molecule has 0 atom stereocenters. The molecule has 0 unspecified atom stereocenters. The van der Waals surface area contributed by atoms with E-state index in [-0.39, 0.29) is 24.2 Å². The summed E-state index contributed by atoms with van der Waals surface area (Å²) in [6, 6.07) is 5.83. The average molecular weight is 437 g/mol. The fourth-order valence-corrected chi connectivity index (χ4v) is 4.87. The number of para-hydroxylation sites is 1. The zero-order valence-electron chi connectivity index (χ0n) is 18.3. The highest BCUT2D eigenvalue weighted by Gasteiger charge is 2.33. The second-order valence-electron chi connectivity index (χ2n) is 8.40. The standard InChI is InChI=1S/C22H32N2O5S/c1-5-27-19(25)15-24(17-11-7-6-8-12-17)30-23(4)21(26)28-18-13-9-10-16-14-22(2,3)29-20(16)18/h9-10,13,17H,5-8,11-12,14-15H2,1-4H3. The van der Waals surface area contributed by atoms with Gasteiger partial charge in [0, 0.05) is 37.2 Å². The Morgan fingerprint density at radius 2 is 1.97 bits per heavy atom. The van der Waals surface area contributed by atoms with Crippen molar-refractivity contribution in [2.75, 3.05) is 20.2 Å². The number of rotatable bonds is 7. The maximum absolute atomic E-state index is 12.8. The van der Waals surface area contributed by atoms with Crippen LogP contribution < -0.4 is 9.47 Å². The fourth-order valence-electron chi connectivity index (χ4n) is 3.94. The van der Waals surface area contributed by atoms with Gasteiger partial charge in [-0.05, 0) is 39.7 Å². The van der Waals surface area contributed by atoms with Crippen molar-refractivity contribution in [3.05, 3.63) is 23.8 Å². The molecule has 1 saturated carbocycles. The van der Waals surface area contributed by atoms with Crippen molar-refractivity contribution >= 4 is 24.2 Å². The van der Waals surface area contributed by atoms with Crippen molar-refractivity contribution in [3.8, 4) is 11.5 Å². The molecule has 0 aromatic heterocycles. The molecule has 7 nitrogen and oxygen atoms in total. The number of fused-ring (bicyclic) bond motifs is 1. The lowest BCUT2D eigenvalue weighted by atomic mass is 9.95. The van der Waals surface area contributed by atoms with Crippen LogP contribution in [0.2, 0.25) is 0 Å². The first-order valence-electron chi connectivity index (χ1n) is 10.7. The second kappa shape index (κ2) is 9.92. The van der Waals surface area contributed by atoms with Crippen molar-refractivity contribution in [1.29, 1.82) is 0 Å². The molecule has 1 aromatic rings.